The van der Waals surface area contributed by atoms with Crippen LogP contribution in [0.3, 0.4) is 0 Å². The summed E-state index contributed by atoms with van der Waals surface area (Å²) in [7, 11) is 2.12. The van der Waals surface area contributed by atoms with E-state index in [1.807, 2.05) is 30.3 Å². The van der Waals surface area contributed by atoms with Gasteiger partial charge in [0.25, 0.3) is 0 Å². The van der Waals surface area contributed by atoms with Gasteiger partial charge < -0.3 is 16.0 Å². The number of nitrogens with zero attached hydrogens (tertiary/aromatic N) is 4. The van der Waals surface area contributed by atoms with E-state index in [0.717, 1.165) is 38.2 Å². The maximum absolute atomic E-state index is 12.6. The average molecular weight is 360 g/mol. The van der Waals surface area contributed by atoms with E-state index in [0.29, 0.717) is 16.7 Å². The van der Waals surface area contributed by atoms with E-state index in [4.69, 9.17) is 5.73 Å². The third-order valence-corrected chi connectivity index (χ3v) is 5.14. The highest BCUT2D eigenvalue weighted by atomic mass is 32.1. The molecule has 0 bridgehead atoms. The van der Waals surface area contributed by atoms with Gasteiger partial charge in [0.1, 0.15) is 11.0 Å². The molecule has 1 saturated heterocycles. The van der Waals surface area contributed by atoms with Crippen LogP contribution in [0.25, 0.3) is 0 Å². The van der Waals surface area contributed by atoms with Gasteiger partial charge in [-0.3, -0.25) is 9.69 Å². The lowest BCUT2D eigenvalue weighted by molar-refractivity contribution is -0.122. The Labute approximate surface area is 151 Å². The normalized spacial score (nSPS) is 17.8. The van der Waals surface area contributed by atoms with Crippen LogP contribution >= 0.6 is 11.3 Å². The summed E-state index contributed by atoms with van der Waals surface area (Å²) in [6, 6.07) is 9.47. The summed E-state index contributed by atoms with van der Waals surface area (Å²) in [6.45, 7) is 4.31. The van der Waals surface area contributed by atoms with Crippen LogP contribution in [-0.2, 0) is 4.79 Å². The number of anilines is 1. The van der Waals surface area contributed by atoms with Gasteiger partial charge in [-0.1, -0.05) is 41.7 Å². The van der Waals surface area contributed by atoms with Crippen LogP contribution in [-0.4, -0.2) is 65.7 Å². The average Bonchev–Trinajstić information content (AvgIpc) is 2.93. The number of hydrogen-bond acceptors (Lipinski definition) is 7. The largest absolute Gasteiger partial charge is 0.374 e. The Hall–Kier alpha value is -2.03. The second-order valence-electron chi connectivity index (χ2n) is 6.32. The van der Waals surface area contributed by atoms with E-state index in [2.05, 4.69) is 32.4 Å². The van der Waals surface area contributed by atoms with Gasteiger partial charge in [0.05, 0.1) is 6.54 Å². The van der Waals surface area contributed by atoms with E-state index in [1.54, 1.807) is 0 Å². The molecule has 8 heteroatoms. The molecule has 1 aliphatic rings. The van der Waals surface area contributed by atoms with Gasteiger partial charge in [-0.2, -0.15) is 0 Å². The Kier molecular flexibility index (Phi) is 5.95. The maximum Gasteiger partial charge on any atom is 0.235 e. The molecule has 1 aromatic carbocycles. The Morgan fingerprint density at radius 3 is 2.76 bits per heavy atom. The SMILES string of the molecule is CN1CCCN(CC(=O)N[C@H](c2ccccc2)c2nnc(N)s2)CC1. The predicted molar refractivity (Wildman–Crippen MR) is 99.3 cm³/mol. The molecule has 1 amide bonds. The third-order valence-electron chi connectivity index (χ3n) is 4.32. The first kappa shape index (κ1) is 17.8. The predicted octanol–water partition coefficient (Wildman–Crippen LogP) is 0.963. The summed E-state index contributed by atoms with van der Waals surface area (Å²) in [4.78, 5) is 17.1. The summed E-state index contributed by atoms with van der Waals surface area (Å²) >= 11 is 1.30. The minimum Gasteiger partial charge on any atom is -0.374 e. The molecule has 1 fully saturated rings. The van der Waals surface area contributed by atoms with Gasteiger partial charge >= 0.3 is 0 Å². The Morgan fingerprint density at radius 2 is 2.04 bits per heavy atom. The van der Waals surface area contributed by atoms with E-state index in [1.165, 1.54) is 11.3 Å². The molecule has 25 heavy (non-hydrogen) atoms. The quantitative estimate of drug-likeness (QED) is 0.826. The number of nitrogens with two attached hydrogens (primary N) is 1. The first-order chi connectivity index (χ1) is 12.1. The molecule has 0 saturated carbocycles. The van der Waals surface area contributed by atoms with Gasteiger partial charge in [-0.15, -0.1) is 10.2 Å². The topological polar surface area (TPSA) is 87.4 Å². The van der Waals surface area contributed by atoms with Crippen LogP contribution in [0.1, 0.15) is 23.0 Å². The molecule has 0 aliphatic carbocycles. The number of nitrogen functional groups attached to an aromatic ring is 1. The van der Waals surface area contributed by atoms with Crippen LogP contribution in [0.2, 0.25) is 0 Å². The molecular formula is C17H24N6OS. The molecule has 0 spiro atoms. The Bertz CT molecular complexity index is 691. The molecule has 0 radical (unpaired) electrons. The van der Waals surface area contributed by atoms with Gasteiger partial charge in [0.15, 0.2) is 0 Å². The minimum atomic E-state index is -0.321. The van der Waals surface area contributed by atoms with Crippen molar-refractivity contribution in [3.63, 3.8) is 0 Å². The first-order valence-corrected chi connectivity index (χ1v) is 9.27. The fraction of sp³-hybridized carbons (Fsp3) is 0.471. The van der Waals surface area contributed by atoms with Gasteiger partial charge in [0, 0.05) is 13.1 Å². The molecule has 3 N–H and O–H groups in total. The van der Waals surface area contributed by atoms with Crippen molar-refractivity contribution in [3.8, 4) is 0 Å². The third kappa shape index (κ3) is 4.97. The zero-order chi connectivity index (χ0) is 17.6. The van der Waals surface area contributed by atoms with Crippen LogP contribution in [0.15, 0.2) is 30.3 Å². The summed E-state index contributed by atoms with van der Waals surface area (Å²) in [5, 5.41) is 12.2. The zero-order valence-corrected chi connectivity index (χ0v) is 15.2. The molecule has 1 aliphatic heterocycles. The van der Waals surface area contributed by atoms with Crippen molar-refractivity contribution < 1.29 is 4.79 Å². The lowest BCUT2D eigenvalue weighted by Crippen LogP contribution is -2.40. The number of amides is 1. The van der Waals surface area contributed by atoms with Crippen molar-refractivity contribution in [2.45, 2.75) is 12.5 Å². The Balaban J connectivity index is 1.68. The minimum absolute atomic E-state index is 0.00724. The zero-order valence-electron chi connectivity index (χ0n) is 14.4. The van der Waals surface area contributed by atoms with E-state index in [-0.39, 0.29) is 11.9 Å². The summed E-state index contributed by atoms with van der Waals surface area (Å²) in [6.07, 6.45) is 1.08. The number of likely N-dealkylation sites (N-methyl/N-ethyl adjacent to an activating group) is 1. The standard InChI is InChI=1S/C17H24N6OS/c1-22-8-5-9-23(11-10-22)12-14(24)19-15(13-6-3-2-4-7-13)16-20-21-17(18)25-16/h2-4,6-7,15H,5,8-12H2,1H3,(H2,18,21)(H,19,24)/t15-/m1/s1. The van der Waals surface area contributed by atoms with Crippen molar-refractivity contribution >= 4 is 22.4 Å². The molecule has 2 heterocycles. The first-order valence-electron chi connectivity index (χ1n) is 8.46. The number of rotatable bonds is 5. The van der Waals surface area contributed by atoms with Crippen LogP contribution in [0, 0.1) is 0 Å². The van der Waals surface area contributed by atoms with Crippen molar-refractivity contribution in [1.29, 1.82) is 0 Å². The van der Waals surface area contributed by atoms with E-state index in [9.17, 15) is 4.79 Å². The number of carbonyl (C=O) groups excluding carboxylic acids is 1. The van der Waals surface area contributed by atoms with Gasteiger partial charge in [-0.05, 0) is 32.1 Å². The highest BCUT2D eigenvalue weighted by Gasteiger charge is 2.22. The second-order valence-corrected chi connectivity index (χ2v) is 7.36. The van der Waals surface area contributed by atoms with Crippen molar-refractivity contribution in [1.82, 2.24) is 25.3 Å². The fourth-order valence-electron chi connectivity index (χ4n) is 2.96. The molecule has 1 aromatic heterocycles. The van der Waals surface area contributed by atoms with E-state index >= 15 is 0 Å². The summed E-state index contributed by atoms with van der Waals surface area (Å²) in [5.41, 5.74) is 6.70. The van der Waals surface area contributed by atoms with Crippen LogP contribution < -0.4 is 11.1 Å². The van der Waals surface area contributed by atoms with Crippen molar-refractivity contribution in [3.05, 3.63) is 40.9 Å². The molecule has 2 aromatic rings. The lowest BCUT2D eigenvalue weighted by Gasteiger charge is -2.22. The lowest BCUT2D eigenvalue weighted by atomic mass is 10.1. The maximum atomic E-state index is 12.6. The molecule has 7 nitrogen and oxygen atoms in total. The molecule has 134 valence electrons. The summed E-state index contributed by atoms with van der Waals surface area (Å²) in [5.74, 6) is -0.00724. The summed E-state index contributed by atoms with van der Waals surface area (Å²) < 4.78 is 0. The number of hydrogen-bond donors (Lipinski definition) is 2. The highest BCUT2D eigenvalue weighted by Crippen LogP contribution is 2.25. The monoisotopic (exact) mass is 360 g/mol. The number of benzene rings is 1. The molecular weight excluding hydrogens is 336 g/mol. The van der Waals surface area contributed by atoms with Crippen molar-refractivity contribution in [2.75, 3.05) is 45.5 Å². The van der Waals surface area contributed by atoms with Crippen LogP contribution in [0.5, 0.6) is 0 Å². The fourth-order valence-corrected chi connectivity index (χ4v) is 3.65. The Morgan fingerprint density at radius 1 is 1.24 bits per heavy atom. The number of aromatic nitrogens is 2. The number of nitrogens with one attached hydrogen (secondary N) is 1. The van der Waals surface area contributed by atoms with Crippen molar-refractivity contribution in [2.24, 2.45) is 0 Å². The van der Waals surface area contributed by atoms with Crippen LogP contribution in [0.4, 0.5) is 5.13 Å². The van der Waals surface area contributed by atoms with Gasteiger partial charge in [0.2, 0.25) is 11.0 Å². The molecule has 3 rings (SSSR count). The highest BCUT2D eigenvalue weighted by molar-refractivity contribution is 7.15. The smallest absolute Gasteiger partial charge is 0.235 e. The molecule has 0 unspecified atom stereocenters. The second kappa shape index (κ2) is 8.37. The number of carbonyl (C=O) groups is 1. The van der Waals surface area contributed by atoms with E-state index < -0.39 is 0 Å². The molecule has 1 atom stereocenters. The van der Waals surface area contributed by atoms with Gasteiger partial charge in [-0.25, -0.2) is 0 Å².